The topological polar surface area (TPSA) is 38.0 Å². The van der Waals surface area contributed by atoms with E-state index in [2.05, 4.69) is 19.2 Å². The highest BCUT2D eigenvalue weighted by Crippen LogP contribution is 2.21. The lowest BCUT2D eigenvalue weighted by Gasteiger charge is -2.21. The fourth-order valence-electron chi connectivity index (χ4n) is 3.11. The van der Waals surface area contributed by atoms with Gasteiger partial charge in [-0.3, -0.25) is 0 Å². The minimum atomic E-state index is 0.445. The van der Waals surface area contributed by atoms with Gasteiger partial charge in [0.25, 0.3) is 0 Å². The number of hydrogen-bond donors (Lipinski definition) is 2. The molecule has 1 fully saturated rings. The Morgan fingerprint density at radius 1 is 1.00 bits per heavy atom. The molecule has 3 N–H and O–H groups in total. The van der Waals surface area contributed by atoms with E-state index in [0.717, 1.165) is 18.4 Å². The van der Waals surface area contributed by atoms with Crippen molar-refractivity contribution in [3.05, 3.63) is 0 Å². The molecule has 0 aromatic carbocycles. The van der Waals surface area contributed by atoms with Gasteiger partial charge in [-0.2, -0.15) is 0 Å². The maximum atomic E-state index is 6.25. The summed E-state index contributed by atoms with van der Waals surface area (Å²) < 4.78 is 0. The molecule has 0 amide bonds. The van der Waals surface area contributed by atoms with E-state index in [1.165, 1.54) is 70.8 Å². The van der Waals surface area contributed by atoms with Crippen LogP contribution in [-0.4, -0.2) is 19.1 Å². The third-order valence-electron chi connectivity index (χ3n) is 4.51. The van der Waals surface area contributed by atoms with E-state index in [1.54, 1.807) is 0 Å². The number of rotatable bonds is 9. The summed E-state index contributed by atoms with van der Waals surface area (Å²) in [6.07, 6.45) is 13.6. The van der Waals surface area contributed by atoms with Gasteiger partial charge in [0.15, 0.2) is 0 Å². The van der Waals surface area contributed by atoms with Gasteiger partial charge in [-0.05, 0) is 44.2 Å². The molecule has 19 heavy (non-hydrogen) atoms. The van der Waals surface area contributed by atoms with E-state index in [1.807, 2.05) is 0 Å². The third kappa shape index (κ3) is 8.65. The Kier molecular flexibility index (Phi) is 9.54. The summed E-state index contributed by atoms with van der Waals surface area (Å²) in [5.74, 6) is 1.60. The van der Waals surface area contributed by atoms with Crippen LogP contribution in [0.3, 0.4) is 0 Å². The van der Waals surface area contributed by atoms with Crippen molar-refractivity contribution in [2.45, 2.75) is 84.1 Å². The molecule has 0 aromatic heterocycles. The quantitative estimate of drug-likeness (QED) is 0.488. The number of nitrogens with two attached hydrogens (primary N) is 1. The van der Waals surface area contributed by atoms with Crippen molar-refractivity contribution in [3.63, 3.8) is 0 Å². The Bertz CT molecular complexity index is 203. The van der Waals surface area contributed by atoms with Gasteiger partial charge in [-0.15, -0.1) is 0 Å². The molecule has 1 aliphatic rings. The zero-order chi connectivity index (χ0) is 13.9. The Hall–Kier alpha value is -0.0800. The maximum Gasteiger partial charge on any atom is 0.00792 e. The first-order chi connectivity index (χ1) is 9.20. The summed E-state index contributed by atoms with van der Waals surface area (Å²) in [6.45, 7) is 6.97. The van der Waals surface area contributed by atoms with Gasteiger partial charge >= 0.3 is 0 Å². The molecule has 2 atom stereocenters. The molecule has 1 aliphatic carbocycles. The van der Waals surface area contributed by atoms with Gasteiger partial charge in [0.05, 0.1) is 0 Å². The predicted molar refractivity (Wildman–Crippen MR) is 85.3 cm³/mol. The largest absolute Gasteiger partial charge is 0.327 e. The summed E-state index contributed by atoms with van der Waals surface area (Å²) in [5.41, 5.74) is 6.25. The average molecular weight is 268 g/mol. The second-order valence-electron chi connectivity index (χ2n) is 6.86. The van der Waals surface area contributed by atoms with Gasteiger partial charge in [-0.25, -0.2) is 0 Å². The van der Waals surface area contributed by atoms with Crippen molar-refractivity contribution < 1.29 is 0 Å². The van der Waals surface area contributed by atoms with Crippen molar-refractivity contribution in [3.8, 4) is 0 Å². The lowest BCUT2D eigenvalue weighted by Crippen LogP contribution is -2.36. The highest BCUT2D eigenvalue weighted by atomic mass is 14.9. The Labute approximate surface area is 120 Å². The zero-order valence-corrected chi connectivity index (χ0v) is 13.3. The SMILES string of the molecule is CC(C)CCCCCCNCC1CCCCCC1N. The molecule has 0 saturated heterocycles. The van der Waals surface area contributed by atoms with E-state index in [-0.39, 0.29) is 0 Å². The molecule has 1 rings (SSSR count). The van der Waals surface area contributed by atoms with Crippen LogP contribution in [0.15, 0.2) is 0 Å². The van der Waals surface area contributed by atoms with Crippen LogP contribution in [0.25, 0.3) is 0 Å². The highest BCUT2D eigenvalue weighted by molar-refractivity contribution is 4.78. The van der Waals surface area contributed by atoms with Gasteiger partial charge < -0.3 is 11.1 Å². The number of hydrogen-bond acceptors (Lipinski definition) is 2. The van der Waals surface area contributed by atoms with Crippen LogP contribution in [-0.2, 0) is 0 Å². The lowest BCUT2D eigenvalue weighted by atomic mass is 9.95. The first-order valence-corrected chi connectivity index (χ1v) is 8.66. The predicted octanol–water partition coefficient (Wildman–Crippen LogP) is 4.09. The normalized spacial score (nSPS) is 24.6. The van der Waals surface area contributed by atoms with Gasteiger partial charge in [-0.1, -0.05) is 58.8 Å². The number of unbranched alkanes of at least 4 members (excludes halogenated alkanes) is 3. The summed E-state index contributed by atoms with van der Waals surface area (Å²) >= 11 is 0. The highest BCUT2D eigenvalue weighted by Gasteiger charge is 2.19. The summed E-state index contributed by atoms with van der Waals surface area (Å²) in [7, 11) is 0. The van der Waals surface area contributed by atoms with Crippen LogP contribution in [0, 0.1) is 11.8 Å². The molecule has 0 spiro atoms. The molecule has 2 unspecified atom stereocenters. The van der Waals surface area contributed by atoms with Crippen molar-refractivity contribution in [2.75, 3.05) is 13.1 Å². The van der Waals surface area contributed by atoms with Crippen LogP contribution in [0.4, 0.5) is 0 Å². The van der Waals surface area contributed by atoms with E-state index >= 15 is 0 Å². The van der Waals surface area contributed by atoms with E-state index in [4.69, 9.17) is 5.73 Å². The Morgan fingerprint density at radius 3 is 2.53 bits per heavy atom. The minimum Gasteiger partial charge on any atom is -0.327 e. The molecular formula is C17H36N2. The smallest absolute Gasteiger partial charge is 0.00792 e. The fourth-order valence-corrected chi connectivity index (χ4v) is 3.11. The van der Waals surface area contributed by atoms with Crippen LogP contribution in [0.1, 0.15) is 78.1 Å². The van der Waals surface area contributed by atoms with Gasteiger partial charge in [0, 0.05) is 6.04 Å². The van der Waals surface area contributed by atoms with E-state index in [9.17, 15) is 0 Å². The van der Waals surface area contributed by atoms with Crippen LogP contribution in [0.5, 0.6) is 0 Å². The van der Waals surface area contributed by atoms with Crippen molar-refractivity contribution in [2.24, 2.45) is 17.6 Å². The molecule has 2 nitrogen and oxygen atoms in total. The summed E-state index contributed by atoms with van der Waals surface area (Å²) in [4.78, 5) is 0. The minimum absolute atomic E-state index is 0.445. The first kappa shape index (κ1) is 17.0. The molecule has 0 bridgehead atoms. The first-order valence-electron chi connectivity index (χ1n) is 8.66. The molecule has 1 saturated carbocycles. The van der Waals surface area contributed by atoms with Crippen molar-refractivity contribution in [1.82, 2.24) is 5.32 Å². The average Bonchev–Trinajstić information content (AvgIpc) is 2.57. The maximum absolute atomic E-state index is 6.25. The molecule has 0 radical (unpaired) electrons. The second-order valence-corrected chi connectivity index (χ2v) is 6.86. The third-order valence-corrected chi connectivity index (χ3v) is 4.51. The molecular weight excluding hydrogens is 232 g/mol. The number of nitrogens with one attached hydrogen (secondary N) is 1. The molecule has 0 aliphatic heterocycles. The molecule has 114 valence electrons. The zero-order valence-electron chi connectivity index (χ0n) is 13.3. The molecule has 0 aromatic rings. The van der Waals surface area contributed by atoms with Gasteiger partial charge in [0.1, 0.15) is 0 Å². The van der Waals surface area contributed by atoms with Gasteiger partial charge in [0.2, 0.25) is 0 Å². The molecule has 0 heterocycles. The lowest BCUT2D eigenvalue weighted by molar-refractivity contribution is 0.372. The Morgan fingerprint density at radius 2 is 1.74 bits per heavy atom. The fraction of sp³-hybridized carbons (Fsp3) is 1.00. The Balaban J connectivity index is 1.92. The van der Waals surface area contributed by atoms with E-state index in [0.29, 0.717) is 6.04 Å². The standard InChI is InChI=1S/C17H36N2/c1-15(2)10-6-3-4-9-13-19-14-16-11-7-5-8-12-17(16)18/h15-17,19H,3-14,18H2,1-2H3. The summed E-state index contributed by atoms with van der Waals surface area (Å²) in [6, 6.07) is 0.445. The molecule has 2 heteroatoms. The van der Waals surface area contributed by atoms with Crippen LogP contribution >= 0.6 is 0 Å². The van der Waals surface area contributed by atoms with Crippen molar-refractivity contribution >= 4 is 0 Å². The second kappa shape index (κ2) is 10.7. The van der Waals surface area contributed by atoms with Crippen LogP contribution < -0.4 is 11.1 Å². The van der Waals surface area contributed by atoms with Crippen molar-refractivity contribution in [1.29, 1.82) is 0 Å². The summed E-state index contributed by atoms with van der Waals surface area (Å²) in [5, 5.41) is 3.63. The van der Waals surface area contributed by atoms with Crippen LogP contribution in [0.2, 0.25) is 0 Å². The van der Waals surface area contributed by atoms with E-state index < -0.39 is 0 Å². The monoisotopic (exact) mass is 268 g/mol.